The summed E-state index contributed by atoms with van der Waals surface area (Å²) in [6, 6.07) is 5.87. The third kappa shape index (κ3) is 3.73. The molecule has 0 radical (unpaired) electrons. The third-order valence-corrected chi connectivity index (χ3v) is 6.38. The van der Waals surface area contributed by atoms with E-state index in [-0.39, 0.29) is 28.2 Å². The lowest BCUT2D eigenvalue weighted by Gasteiger charge is -2.22. The lowest BCUT2D eigenvalue weighted by molar-refractivity contribution is -0.943. The SMILES string of the molecule is CC[NH+](Cn1nc(-c2ccc(F)cc2)oc1=S)[C@@H]1CCS(=O)(=O)C1. The number of nitrogens with zero attached hydrogens (tertiary/aromatic N) is 2. The van der Waals surface area contributed by atoms with Crippen LogP contribution in [0.3, 0.4) is 0 Å². The molecule has 2 aromatic rings. The summed E-state index contributed by atoms with van der Waals surface area (Å²) in [5, 5.41) is 4.36. The van der Waals surface area contributed by atoms with E-state index in [2.05, 4.69) is 5.10 Å². The fourth-order valence-electron chi connectivity index (χ4n) is 2.95. The molecule has 1 unspecified atom stereocenters. The predicted octanol–water partition coefficient (Wildman–Crippen LogP) is 1.06. The van der Waals surface area contributed by atoms with E-state index in [1.807, 2.05) is 6.92 Å². The van der Waals surface area contributed by atoms with Gasteiger partial charge in [-0.3, -0.25) is 0 Å². The summed E-state index contributed by atoms with van der Waals surface area (Å²) >= 11 is 5.21. The van der Waals surface area contributed by atoms with E-state index in [1.54, 1.807) is 16.8 Å². The maximum atomic E-state index is 13.0. The number of quaternary nitrogens is 1. The maximum Gasteiger partial charge on any atom is 0.292 e. The average molecular weight is 372 g/mol. The van der Waals surface area contributed by atoms with Gasteiger partial charge in [-0.1, -0.05) is 0 Å². The van der Waals surface area contributed by atoms with Crippen LogP contribution >= 0.6 is 12.2 Å². The van der Waals surface area contributed by atoms with Gasteiger partial charge in [0.25, 0.3) is 4.84 Å². The summed E-state index contributed by atoms with van der Waals surface area (Å²) in [4.78, 5) is 1.33. The van der Waals surface area contributed by atoms with E-state index in [9.17, 15) is 12.8 Å². The Morgan fingerprint density at radius 2 is 2.12 bits per heavy atom. The minimum Gasteiger partial charge on any atom is -0.409 e. The molecule has 1 aliphatic rings. The number of hydrogen-bond donors (Lipinski definition) is 1. The van der Waals surface area contributed by atoms with Crippen molar-refractivity contribution in [3.63, 3.8) is 0 Å². The van der Waals surface area contributed by atoms with Crippen molar-refractivity contribution in [1.29, 1.82) is 0 Å². The monoisotopic (exact) mass is 372 g/mol. The Hall–Kier alpha value is -1.58. The van der Waals surface area contributed by atoms with E-state index < -0.39 is 9.84 Å². The van der Waals surface area contributed by atoms with Crippen molar-refractivity contribution >= 4 is 22.1 Å². The summed E-state index contributed by atoms with van der Waals surface area (Å²) in [6.45, 7) is 3.21. The van der Waals surface area contributed by atoms with E-state index in [1.165, 1.54) is 12.1 Å². The average Bonchev–Trinajstić information content (AvgIpc) is 3.08. The first-order valence-electron chi connectivity index (χ1n) is 7.77. The number of benzene rings is 1. The van der Waals surface area contributed by atoms with Gasteiger partial charge in [0.05, 0.1) is 12.3 Å². The molecule has 0 aliphatic carbocycles. The van der Waals surface area contributed by atoms with Crippen molar-refractivity contribution in [2.24, 2.45) is 0 Å². The molecule has 1 aromatic carbocycles. The molecule has 1 aliphatic heterocycles. The molecule has 130 valence electrons. The zero-order chi connectivity index (χ0) is 17.3. The Bertz CT molecular complexity index is 874. The van der Waals surface area contributed by atoms with Gasteiger partial charge in [0.1, 0.15) is 17.6 Å². The van der Waals surface area contributed by atoms with E-state index >= 15 is 0 Å². The minimum atomic E-state index is -2.93. The summed E-state index contributed by atoms with van der Waals surface area (Å²) in [5.74, 6) is 0.439. The molecule has 1 saturated heterocycles. The zero-order valence-electron chi connectivity index (χ0n) is 13.2. The molecule has 6 nitrogen and oxygen atoms in total. The highest BCUT2D eigenvalue weighted by Gasteiger charge is 2.35. The van der Waals surface area contributed by atoms with Crippen molar-refractivity contribution in [1.82, 2.24) is 9.78 Å². The van der Waals surface area contributed by atoms with Crippen LogP contribution in [0.5, 0.6) is 0 Å². The molecule has 2 heterocycles. The Kier molecular flexibility index (Phi) is 4.84. The third-order valence-electron chi connectivity index (χ3n) is 4.31. The summed E-state index contributed by atoms with van der Waals surface area (Å²) in [7, 11) is -2.93. The molecular formula is C15H19FN3O3S2+. The number of nitrogens with one attached hydrogen (secondary N) is 1. The quantitative estimate of drug-likeness (QED) is 0.795. The highest BCUT2D eigenvalue weighted by molar-refractivity contribution is 7.91. The van der Waals surface area contributed by atoms with Crippen LogP contribution in [-0.2, 0) is 16.5 Å². The van der Waals surface area contributed by atoms with Crippen LogP contribution in [-0.4, -0.2) is 42.3 Å². The molecule has 0 bridgehead atoms. The number of sulfone groups is 1. The van der Waals surface area contributed by atoms with Gasteiger partial charge in [0.2, 0.25) is 5.89 Å². The molecule has 0 amide bonds. The molecule has 0 saturated carbocycles. The standard InChI is InChI=1S/C15H18FN3O3S2/c1-2-18(13-7-8-24(20,21)9-13)10-19-15(23)22-14(17-19)11-3-5-12(16)6-4-11/h3-6,13H,2,7-10H2,1H3/p+1/t13-/m1/s1. The van der Waals surface area contributed by atoms with Crippen LogP contribution in [0.25, 0.3) is 11.5 Å². The second-order valence-corrected chi connectivity index (χ2v) is 8.53. The number of rotatable bonds is 5. The van der Waals surface area contributed by atoms with Gasteiger partial charge < -0.3 is 9.32 Å². The van der Waals surface area contributed by atoms with Crippen molar-refractivity contribution in [3.05, 3.63) is 34.9 Å². The van der Waals surface area contributed by atoms with Gasteiger partial charge >= 0.3 is 0 Å². The molecule has 1 fully saturated rings. The van der Waals surface area contributed by atoms with Crippen LogP contribution in [0, 0.1) is 10.7 Å². The Morgan fingerprint density at radius 1 is 1.42 bits per heavy atom. The molecule has 0 spiro atoms. The fraction of sp³-hybridized carbons (Fsp3) is 0.467. The maximum absolute atomic E-state index is 13.0. The van der Waals surface area contributed by atoms with Gasteiger partial charge in [0, 0.05) is 12.0 Å². The summed E-state index contributed by atoms with van der Waals surface area (Å²) in [6.07, 6.45) is 0.654. The Labute approximate surface area is 144 Å². The van der Waals surface area contributed by atoms with Crippen LogP contribution in [0.15, 0.2) is 28.7 Å². The molecular weight excluding hydrogens is 353 g/mol. The molecule has 24 heavy (non-hydrogen) atoms. The number of hydrogen-bond acceptors (Lipinski definition) is 5. The first-order valence-corrected chi connectivity index (χ1v) is 10.00. The van der Waals surface area contributed by atoms with Gasteiger partial charge in [0.15, 0.2) is 16.5 Å². The van der Waals surface area contributed by atoms with Crippen LogP contribution in [0.1, 0.15) is 13.3 Å². The highest BCUT2D eigenvalue weighted by Crippen LogP contribution is 2.18. The first-order chi connectivity index (χ1) is 11.4. The van der Waals surface area contributed by atoms with Crippen LogP contribution < -0.4 is 4.90 Å². The summed E-state index contributed by atoms with van der Waals surface area (Å²) in [5.41, 5.74) is 0.641. The number of halogens is 1. The molecule has 3 rings (SSSR count). The molecule has 1 N–H and O–H groups in total. The van der Waals surface area contributed by atoms with Crippen LogP contribution in [0.2, 0.25) is 0 Å². The van der Waals surface area contributed by atoms with E-state index in [4.69, 9.17) is 16.6 Å². The molecule has 1 aromatic heterocycles. The predicted molar refractivity (Wildman–Crippen MR) is 89.3 cm³/mol. The van der Waals surface area contributed by atoms with Gasteiger partial charge in [-0.05, 0) is 43.4 Å². The van der Waals surface area contributed by atoms with E-state index in [0.29, 0.717) is 24.5 Å². The first kappa shape index (κ1) is 17.2. The van der Waals surface area contributed by atoms with Gasteiger partial charge in [-0.2, -0.15) is 4.68 Å². The second-order valence-electron chi connectivity index (χ2n) is 5.95. The Morgan fingerprint density at radius 3 is 2.71 bits per heavy atom. The molecule has 2 atom stereocenters. The number of aromatic nitrogens is 2. The minimum absolute atomic E-state index is 0.0490. The lowest BCUT2D eigenvalue weighted by Crippen LogP contribution is -3.15. The highest BCUT2D eigenvalue weighted by atomic mass is 32.2. The van der Waals surface area contributed by atoms with Gasteiger partial charge in [-0.15, -0.1) is 5.10 Å². The molecule has 9 heteroatoms. The largest absolute Gasteiger partial charge is 0.409 e. The van der Waals surface area contributed by atoms with Crippen molar-refractivity contribution in [2.45, 2.75) is 26.1 Å². The summed E-state index contributed by atoms with van der Waals surface area (Å²) < 4.78 is 43.5. The van der Waals surface area contributed by atoms with Crippen LogP contribution in [0.4, 0.5) is 4.39 Å². The smallest absolute Gasteiger partial charge is 0.292 e. The van der Waals surface area contributed by atoms with Crippen molar-refractivity contribution in [2.75, 3.05) is 18.1 Å². The zero-order valence-corrected chi connectivity index (χ0v) is 14.9. The topological polar surface area (TPSA) is 69.5 Å². The second kappa shape index (κ2) is 6.73. The van der Waals surface area contributed by atoms with Gasteiger partial charge in [-0.25, -0.2) is 12.8 Å². The fourth-order valence-corrected chi connectivity index (χ4v) is 4.96. The van der Waals surface area contributed by atoms with E-state index in [0.717, 1.165) is 11.4 Å². The normalized spacial score (nSPS) is 21.0. The van der Waals surface area contributed by atoms with Crippen molar-refractivity contribution < 1.29 is 22.1 Å². The van der Waals surface area contributed by atoms with Crippen molar-refractivity contribution in [3.8, 4) is 11.5 Å². The Balaban J connectivity index is 1.80. The lowest BCUT2D eigenvalue weighted by atomic mass is 10.2.